The molecule has 0 heterocycles. The van der Waals surface area contributed by atoms with Crippen molar-refractivity contribution in [2.24, 2.45) is 0 Å². The minimum Gasteiger partial charge on any atom is -0.399 e. The molecule has 0 aliphatic heterocycles. The van der Waals surface area contributed by atoms with Gasteiger partial charge in [-0.25, -0.2) is 0 Å². The predicted molar refractivity (Wildman–Crippen MR) is 86.5 cm³/mol. The number of hydrogen-bond acceptors (Lipinski definition) is 5. The van der Waals surface area contributed by atoms with E-state index in [0.717, 1.165) is 19.0 Å². The van der Waals surface area contributed by atoms with Crippen LogP contribution in [0.2, 0.25) is 0 Å². The first-order chi connectivity index (χ1) is 9.06. The van der Waals surface area contributed by atoms with Gasteiger partial charge in [0.05, 0.1) is 18.0 Å². The maximum Gasteiger partial charge on any atom is 0.0677 e. The average molecular weight is 270 g/mol. The Hall–Kier alpha value is -1.46. The van der Waals surface area contributed by atoms with E-state index in [-0.39, 0.29) is 0 Å². The average Bonchev–Trinajstić information content (AvgIpc) is 2.41. The molecular weight excluding hydrogens is 240 g/mol. The molecule has 0 unspecified atom stereocenters. The largest absolute Gasteiger partial charge is 0.399 e. The Morgan fingerprint density at radius 3 is 2.16 bits per heavy atom. The highest BCUT2D eigenvalue weighted by molar-refractivity contribution is 5.71. The second-order valence-electron chi connectivity index (χ2n) is 3.61. The summed E-state index contributed by atoms with van der Waals surface area (Å²) in [5, 5.41) is 3.05. The molecule has 19 heavy (non-hydrogen) atoms. The van der Waals surface area contributed by atoms with Crippen molar-refractivity contribution < 1.29 is 4.74 Å². The van der Waals surface area contributed by atoms with E-state index in [1.807, 2.05) is 51.9 Å². The lowest BCUT2D eigenvalue weighted by Gasteiger charge is -2.20. The van der Waals surface area contributed by atoms with Crippen LogP contribution < -0.4 is 21.7 Å². The van der Waals surface area contributed by atoms with E-state index >= 15 is 0 Å². The van der Waals surface area contributed by atoms with Gasteiger partial charge in [-0.2, -0.15) is 0 Å². The van der Waals surface area contributed by atoms with Gasteiger partial charge < -0.3 is 26.4 Å². The quantitative estimate of drug-likeness (QED) is 0.577. The van der Waals surface area contributed by atoms with Gasteiger partial charge in [0.1, 0.15) is 0 Å². The smallest absolute Gasteiger partial charge is 0.0677 e. The Labute approximate surface area is 117 Å². The van der Waals surface area contributed by atoms with Gasteiger partial charge in [-0.05, 0) is 32.2 Å². The third-order valence-corrected chi connectivity index (χ3v) is 2.15. The molecule has 5 N–H and O–H groups in total. The lowest BCUT2D eigenvalue weighted by Crippen LogP contribution is -2.28. The summed E-state index contributed by atoms with van der Waals surface area (Å²) in [5.74, 6) is 0. The zero-order valence-corrected chi connectivity index (χ0v) is 13.2. The summed E-state index contributed by atoms with van der Waals surface area (Å²) in [4.78, 5) is 2.02. The Morgan fingerprint density at radius 2 is 1.79 bits per heavy atom. The number of nitrogen functional groups attached to an aromatic ring is 2. The SMILES string of the molecule is CC.CCOC.CNCN(C)c1ccc(N)cc1N. The third kappa shape index (κ3) is 9.16. The molecule has 0 radical (unpaired) electrons. The Balaban J connectivity index is 0. The topological polar surface area (TPSA) is 76.5 Å². The minimum absolute atomic E-state index is 0.694. The van der Waals surface area contributed by atoms with Crippen LogP contribution >= 0.6 is 0 Å². The Bertz CT molecular complexity index is 316. The second kappa shape index (κ2) is 13.0. The fourth-order valence-corrected chi connectivity index (χ4v) is 1.24. The predicted octanol–water partition coefficient (Wildman–Crippen LogP) is 2.14. The van der Waals surface area contributed by atoms with Crippen molar-refractivity contribution in [1.82, 2.24) is 5.32 Å². The monoisotopic (exact) mass is 270 g/mol. The normalized spacial score (nSPS) is 8.74. The molecule has 1 rings (SSSR count). The number of hydrogen-bond donors (Lipinski definition) is 3. The molecule has 0 bridgehead atoms. The molecule has 1 aromatic rings. The van der Waals surface area contributed by atoms with Crippen LogP contribution in [-0.2, 0) is 4.74 Å². The van der Waals surface area contributed by atoms with Crippen molar-refractivity contribution in [3.63, 3.8) is 0 Å². The molecule has 0 saturated carbocycles. The molecule has 0 amide bonds. The highest BCUT2D eigenvalue weighted by atomic mass is 16.5. The number of nitrogens with two attached hydrogens (primary N) is 2. The number of methoxy groups -OCH3 is 1. The maximum absolute atomic E-state index is 5.80. The number of ether oxygens (including phenoxy) is 1. The molecule has 0 aliphatic carbocycles. The van der Waals surface area contributed by atoms with E-state index in [1.54, 1.807) is 13.2 Å². The summed E-state index contributed by atoms with van der Waals surface area (Å²) in [6.45, 7) is 7.54. The van der Waals surface area contributed by atoms with E-state index < -0.39 is 0 Å². The number of anilines is 3. The maximum atomic E-state index is 5.80. The van der Waals surface area contributed by atoms with Gasteiger partial charge in [-0.3, -0.25) is 0 Å². The minimum atomic E-state index is 0.694. The molecule has 5 nitrogen and oxygen atoms in total. The van der Waals surface area contributed by atoms with E-state index in [9.17, 15) is 0 Å². The molecule has 5 heteroatoms. The van der Waals surface area contributed by atoms with Crippen molar-refractivity contribution in [3.05, 3.63) is 18.2 Å². The van der Waals surface area contributed by atoms with Crippen molar-refractivity contribution in [2.75, 3.05) is 50.8 Å². The molecule has 0 spiro atoms. The molecule has 0 fully saturated rings. The van der Waals surface area contributed by atoms with Crippen LogP contribution in [0.15, 0.2) is 18.2 Å². The van der Waals surface area contributed by atoms with E-state index in [0.29, 0.717) is 11.4 Å². The third-order valence-electron chi connectivity index (χ3n) is 2.15. The van der Waals surface area contributed by atoms with Gasteiger partial charge in [0.15, 0.2) is 0 Å². The summed E-state index contributed by atoms with van der Waals surface area (Å²) in [6, 6.07) is 5.53. The van der Waals surface area contributed by atoms with Crippen LogP contribution in [0, 0.1) is 0 Å². The summed E-state index contributed by atoms with van der Waals surface area (Å²) in [6.07, 6.45) is 0. The lowest BCUT2D eigenvalue weighted by atomic mass is 10.2. The first-order valence-corrected chi connectivity index (χ1v) is 6.56. The van der Waals surface area contributed by atoms with Gasteiger partial charge in [0.2, 0.25) is 0 Å². The van der Waals surface area contributed by atoms with E-state index in [1.165, 1.54) is 0 Å². The van der Waals surface area contributed by atoms with Crippen molar-refractivity contribution in [1.29, 1.82) is 0 Å². The fraction of sp³-hybridized carbons (Fsp3) is 0.571. The highest BCUT2D eigenvalue weighted by Gasteiger charge is 2.03. The number of benzene rings is 1. The molecule has 112 valence electrons. The molecule has 0 aromatic heterocycles. The summed E-state index contributed by atoms with van der Waals surface area (Å²) in [5.41, 5.74) is 13.8. The van der Waals surface area contributed by atoms with Gasteiger partial charge in [0.25, 0.3) is 0 Å². The van der Waals surface area contributed by atoms with Crippen LogP contribution in [0.4, 0.5) is 17.1 Å². The van der Waals surface area contributed by atoms with Crippen molar-refractivity contribution >= 4 is 17.1 Å². The van der Waals surface area contributed by atoms with Gasteiger partial charge in [0, 0.05) is 26.5 Å². The van der Waals surface area contributed by atoms with Gasteiger partial charge in [-0.1, -0.05) is 13.8 Å². The second-order valence-corrected chi connectivity index (χ2v) is 3.61. The Kier molecular flexibility index (Phi) is 13.6. The standard InChI is InChI=1S/C9H16N4.C3H8O.C2H6/c1-12-6-13(2)9-4-3-7(10)5-8(9)11;1-3-4-2;1-2/h3-5,12H,6,10-11H2,1-2H3;3H2,1-2H3;1-2H3. The molecule has 0 saturated heterocycles. The zero-order chi connectivity index (χ0) is 15.3. The number of rotatable bonds is 4. The van der Waals surface area contributed by atoms with E-state index in [2.05, 4.69) is 10.1 Å². The fourth-order valence-electron chi connectivity index (χ4n) is 1.24. The van der Waals surface area contributed by atoms with Crippen molar-refractivity contribution in [3.8, 4) is 0 Å². The molecule has 0 atom stereocenters. The molecule has 1 aromatic carbocycles. The van der Waals surface area contributed by atoms with Crippen LogP contribution in [0.25, 0.3) is 0 Å². The first kappa shape index (κ1) is 19.9. The first-order valence-electron chi connectivity index (χ1n) is 6.56. The van der Waals surface area contributed by atoms with Crippen molar-refractivity contribution in [2.45, 2.75) is 20.8 Å². The molecular formula is C14H30N4O. The van der Waals surface area contributed by atoms with E-state index in [4.69, 9.17) is 11.5 Å². The zero-order valence-electron chi connectivity index (χ0n) is 13.2. The highest BCUT2D eigenvalue weighted by Crippen LogP contribution is 2.23. The van der Waals surface area contributed by atoms with Crippen LogP contribution in [0.1, 0.15) is 20.8 Å². The molecule has 0 aliphatic rings. The number of nitrogens with zero attached hydrogens (tertiary/aromatic N) is 1. The van der Waals surface area contributed by atoms with Crippen LogP contribution in [-0.4, -0.2) is 34.5 Å². The summed E-state index contributed by atoms with van der Waals surface area (Å²) < 4.78 is 4.54. The van der Waals surface area contributed by atoms with Crippen LogP contribution in [0.5, 0.6) is 0 Å². The van der Waals surface area contributed by atoms with Gasteiger partial charge in [-0.15, -0.1) is 0 Å². The Morgan fingerprint density at radius 1 is 1.26 bits per heavy atom. The van der Waals surface area contributed by atoms with Gasteiger partial charge >= 0.3 is 0 Å². The summed E-state index contributed by atoms with van der Waals surface area (Å²) >= 11 is 0. The number of nitrogens with one attached hydrogen (secondary N) is 1. The van der Waals surface area contributed by atoms with Crippen LogP contribution in [0.3, 0.4) is 0 Å². The lowest BCUT2D eigenvalue weighted by molar-refractivity contribution is 0.215. The summed E-state index contributed by atoms with van der Waals surface area (Å²) in [7, 11) is 5.54.